The van der Waals surface area contributed by atoms with E-state index in [1.54, 1.807) is 0 Å². The Morgan fingerprint density at radius 3 is 2.68 bits per heavy atom. The number of amides is 1. The van der Waals surface area contributed by atoms with Crippen LogP contribution in [0.4, 0.5) is 0 Å². The van der Waals surface area contributed by atoms with Crippen molar-refractivity contribution < 1.29 is 4.79 Å². The molecule has 1 atom stereocenters. The van der Waals surface area contributed by atoms with Gasteiger partial charge in [-0.2, -0.15) is 0 Å². The molecule has 0 aliphatic rings. The molecule has 1 N–H and O–H groups in total. The molecule has 0 spiro atoms. The highest BCUT2D eigenvalue weighted by Crippen LogP contribution is 2.07. The smallest absolute Gasteiger partial charge is 0.220 e. The van der Waals surface area contributed by atoms with Crippen LogP contribution in [-0.4, -0.2) is 17.8 Å². The number of aryl methyl sites for hydroxylation is 1. The van der Waals surface area contributed by atoms with Crippen molar-refractivity contribution in [3.05, 3.63) is 35.9 Å². The van der Waals surface area contributed by atoms with Gasteiger partial charge in [-0.1, -0.05) is 53.2 Å². The monoisotopic (exact) mass is 325 g/mol. The molecule has 3 heteroatoms. The second-order valence-electron chi connectivity index (χ2n) is 5.09. The van der Waals surface area contributed by atoms with Gasteiger partial charge in [0.1, 0.15) is 0 Å². The maximum atomic E-state index is 11.6. The number of benzene rings is 1. The van der Waals surface area contributed by atoms with Crippen LogP contribution in [0.15, 0.2) is 30.3 Å². The third-order valence-electron chi connectivity index (χ3n) is 3.17. The average Bonchev–Trinajstić information content (AvgIpc) is 2.44. The van der Waals surface area contributed by atoms with Crippen LogP contribution in [0.1, 0.15) is 38.2 Å². The Hall–Kier alpha value is -0.830. The first-order valence-corrected chi connectivity index (χ1v) is 8.21. The molecule has 0 fully saturated rings. The molecule has 0 aliphatic heterocycles. The van der Waals surface area contributed by atoms with Crippen molar-refractivity contribution in [2.45, 2.75) is 39.0 Å². The van der Waals surface area contributed by atoms with Gasteiger partial charge >= 0.3 is 0 Å². The highest BCUT2D eigenvalue weighted by atomic mass is 79.9. The molecule has 106 valence electrons. The number of carbonyl (C=O) groups is 1. The highest BCUT2D eigenvalue weighted by Gasteiger charge is 2.02. The molecule has 0 aromatic heterocycles. The van der Waals surface area contributed by atoms with Gasteiger partial charge in [0.2, 0.25) is 5.91 Å². The first kappa shape index (κ1) is 16.2. The standard InChI is InChI=1S/C16H24BrNO/c1-14(13-17)7-6-12-18-16(19)11-5-10-15-8-3-2-4-9-15/h2-4,8-9,14H,5-7,10-13H2,1H3,(H,18,19). The fraction of sp³-hybridized carbons (Fsp3) is 0.562. The molecule has 0 saturated heterocycles. The SMILES string of the molecule is CC(CBr)CCCNC(=O)CCCc1ccccc1. The average molecular weight is 326 g/mol. The van der Waals surface area contributed by atoms with Crippen LogP contribution in [-0.2, 0) is 11.2 Å². The van der Waals surface area contributed by atoms with E-state index >= 15 is 0 Å². The van der Waals surface area contributed by atoms with Gasteiger partial charge in [0.05, 0.1) is 0 Å². The molecule has 1 rings (SSSR count). The van der Waals surface area contributed by atoms with Crippen LogP contribution in [0.2, 0.25) is 0 Å². The first-order valence-electron chi connectivity index (χ1n) is 7.09. The number of carbonyl (C=O) groups excluding carboxylic acids is 1. The van der Waals surface area contributed by atoms with Gasteiger partial charge in [-0.25, -0.2) is 0 Å². The highest BCUT2D eigenvalue weighted by molar-refractivity contribution is 9.09. The summed E-state index contributed by atoms with van der Waals surface area (Å²) in [6.07, 6.45) is 4.76. The Labute approximate surface area is 125 Å². The van der Waals surface area contributed by atoms with Gasteiger partial charge in [-0.05, 0) is 37.2 Å². The number of hydrogen-bond acceptors (Lipinski definition) is 1. The Bertz CT molecular complexity index is 353. The zero-order valence-corrected chi connectivity index (χ0v) is 13.3. The second kappa shape index (κ2) is 10.0. The molecule has 0 bridgehead atoms. The molecule has 0 aliphatic carbocycles. The molecule has 19 heavy (non-hydrogen) atoms. The molecule has 1 amide bonds. The molecule has 1 aromatic rings. The van der Waals surface area contributed by atoms with E-state index in [4.69, 9.17) is 0 Å². The van der Waals surface area contributed by atoms with Crippen molar-refractivity contribution in [2.24, 2.45) is 5.92 Å². The summed E-state index contributed by atoms with van der Waals surface area (Å²) in [5, 5.41) is 4.03. The molecule has 0 saturated carbocycles. The molecule has 0 heterocycles. The van der Waals surface area contributed by atoms with Crippen molar-refractivity contribution in [1.82, 2.24) is 5.32 Å². The third-order valence-corrected chi connectivity index (χ3v) is 4.28. The number of rotatable bonds is 9. The van der Waals surface area contributed by atoms with Gasteiger partial charge in [0, 0.05) is 18.3 Å². The van der Waals surface area contributed by atoms with Gasteiger partial charge in [-0.15, -0.1) is 0 Å². The molecule has 1 aromatic carbocycles. The van der Waals surface area contributed by atoms with E-state index in [1.165, 1.54) is 5.56 Å². The van der Waals surface area contributed by atoms with Crippen LogP contribution >= 0.6 is 15.9 Å². The Kier molecular flexibility index (Phi) is 8.55. The van der Waals surface area contributed by atoms with Gasteiger partial charge in [0.25, 0.3) is 0 Å². The maximum Gasteiger partial charge on any atom is 0.220 e. The van der Waals surface area contributed by atoms with E-state index in [0.29, 0.717) is 12.3 Å². The van der Waals surface area contributed by atoms with Crippen molar-refractivity contribution in [2.75, 3.05) is 11.9 Å². The zero-order chi connectivity index (χ0) is 13.9. The zero-order valence-electron chi connectivity index (χ0n) is 11.7. The number of alkyl halides is 1. The lowest BCUT2D eigenvalue weighted by molar-refractivity contribution is -0.121. The molecule has 2 nitrogen and oxygen atoms in total. The van der Waals surface area contributed by atoms with Crippen LogP contribution in [0.3, 0.4) is 0 Å². The van der Waals surface area contributed by atoms with Crippen LogP contribution in [0.5, 0.6) is 0 Å². The lowest BCUT2D eigenvalue weighted by Gasteiger charge is -2.08. The Morgan fingerprint density at radius 2 is 2.00 bits per heavy atom. The molecular formula is C16H24BrNO. The summed E-state index contributed by atoms with van der Waals surface area (Å²) >= 11 is 3.46. The van der Waals surface area contributed by atoms with E-state index in [-0.39, 0.29) is 5.91 Å². The number of nitrogens with one attached hydrogen (secondary N) is 1. The molecule has 1 unspecified atom stereocenters. The summed E-state index contributed by atoms with van der Waals surface area (Å²) in [4.78, 5) is 11.6. The van der Waals surface area contributed by atoms with E-state index in [1.807, 2.05) is 18.2 Å². The topological polar surface area (TPSA) is 29.1 Å². The van der Waals surface area contributed by atoms with Crippen LogP contribution in [0.25, 0.3) is 0 Å². The van der Waals surface area contributed by atoms with Crippen molar-refractivity contribution in [3.8, 4) is 0 Å². The molecule has 0 radical (unpaired) electrons. The summed E-state index contributed by atoms with van der Waals surface area (Å²) in [5.41, 5.74) is 1.31. The summed E-state index contributed by atoms with van der Waals surface area (Å²) < 4.78 is 0. The van der Waals surface area contributed by atoms with E-state index in [2.05, 4.69) is 40.3 Å². The van der Waals surface area contributed by atoms with E-state index in [9.17, 15) is 4.79 Å². The predicted molar refractivity (Wildman–Crippen MR) is 84.6 cm³/mol. The minimum atomic E-state index is 0.183. The van der Waals surface area contributed by atoms with E-state index in [0.717, 1.165) is 37.6 Å². The number of hydrogen-bond donors (Lipinski definition) is 1. The van der Waals surface area contributed by atoms with Gasteiger partial charge in [0.15, 0.2) is 0 Å². The normalized spacial score (nSPS) is 12.1. The maximum absolute atomic E-state index is 11.6. The van der Waals surface area contributed by atoms with Crippen molar-refractivity contribution in [1.29, 1.82) is 0 Å². The lowest BCUT2D eigenvalue weighted by atomic mass is 10.1. The van der Waals surface area contributed by atoms with Gasteiger partial charge in [-0.3, -0.25) is 4.79 Å². The minimum Gasteiger partial charge on any atom is -0.356 e. The predicted octanol–water partition coefficient (Wildman–Crippen LogP) is 3.94. The lowest BCUT2D eigenvalue weighted by Crippen LogP contribution is -2.24. The summed E-state index contributed by atoms with van der Waals surface area (Å²) in [5.74, 6) is 0.873. The summed E-state index contributed by atoms with van der Waals surface area (Å²) in [7, 11) is 0. The largest absolute Gasteiger partial charge is 0.356 e. The number of halogens is 1. The quantitative estimate of drug-likeness (QED) is 0.540. The first-order chi connectivity index (χ1) is 9.22. The minimum absolute atomic E-state index is 0.183. The Morgan fingerprint density at radius 1 is 1.26 bits per heavy atom. The summed E-state index contributed by atoms with van der Waals surface area (Å²) in [6.45, 7) is 3.03. The van der Waals surface area contributed by atoms with Crippen LogP contribution in [0, 0.1) is 5.92 Å². The van der Waals surface area contributed by atoms with E-state index < -0.39 is 0 Å². The van der Waals surface area contributed by atoms with Gasteiger partial charge < -0.3 is 5.32 Å². The second-order valence-corrected chi connectivity index (χ2v) is 5.74. The fourth-order valence-electron chi connectivity index (χ4n) is 1.94. The Balaban J connectivity index is 2.02. The van der Waals surface area contributed by atoms with Crippen LogP contribution < -0.4 is 5.32 Å². The summed E-state index contributed by atoms with van der Waals surface area (Å²) in [6, 6.07) is 10.3. The third kappa shape index (κ3) is 8.04. The fourth-order valence-corrected chi connectivity index (χ4v) is 2.27. The van der Waals surface area contributed by atoms with Crippen molar-refractivity contribution >= 4 is 21.8 Å². The van der Waals surface area contributed by atoms with Crippen molar-refractivity contribution in [3.63, 3.8) is 0 Å². The molecular weight excluding hydrogens is 302 g/mol.